The molecule has 0 spiro atoms. The van der Waals surface area contributed by atoms with Crippen LogP contribution in [0.2, 0.25) is 0 Å². The van der Waals surface area contributed by atoms with E-state index in [4.69, 9.17) is 14.2 Å². The Morgan fingerprint density at radius 2 is 1.58 bits per heavy atom. The first kappa shape index (κ1) is 32.6. The van der Waals surface area contributed by atoms with Gasteiger partial charge in [0.1, 0.15) is 12.4 Å². The molecule has 9 heteroatoms. The first-order valence-corrected chi connectivity index (χ1v) is 17.7. The maximum absolute atomic E-state index is 13.7. The van der Waals surface area contributed by atoms with Crippen molar-refractivity contribution in [2.45, 2.75) is 76.0 Å². The van der Waals surface area contributed by atoms with Crippen LogP contribution in [0, 0.1) is 5.92 Å². The van der Waals surface area contributed by atoms with Crippen LogP contribution in [-0.2, 0) is 16.1 Å². The average Bonchev–Trinajstić information content (AvgIpc) is 3.86. The van der Waals surface area contributed by atoms with Gasteiger partial charge in [0.15, 0.2) is 6.29 Å². The summed E-state index contributed by atoms with van der Waals surface area (Å²) in [5.41, 5.74) is 3.46. The maximum atomic E-state index is 13.7. The number of rotatable bonds is 12. The zero-order valence-corrected chi connectivity index (χ0v) is 27.6. The van der Waals surface area contributed by atoms with E-state index in [2.05, 4.69) is 4.90 Å². The molecule has 1 aliphatic carbocycles. The Hall–Kier alpha value is -3.92. The Morgan fingerprint density at radius 1 is 0.875 bits per heavy atom. The highest BCUT2D eigenvalue weighted by atomic mass is 16.7. The van der Waals surface area contributed by atoms with Crippen LogP contribution in [0.25, 0.3) is 0 Å². The topological polar surface area (TPSA) is 91.8 Å². The molecule has 48 heavy (non-hydrogen) atoms. The third kappa shape index (κ3) is 7.38. The number of carboxylic acid groups (broad SMARTS) is 1. The first-order valence-electron chi connectivity index (χ1n) is 17.7. The van der Waals surface area contributed by atoms with Crippen molar-refractivity contribution in [1.82, 2.24) is 14.7 Å². The number of hydrogen-bond donors (Lipinski definition) is 1. The molecule has 8 rings (SSSR count). The number of benzene rings is 3. The van der Waals surface area contributed by atoms with Crippen LogP contribution in [0.4, 0.5) is 4.79 Å². The molecule has 4 heterocycles. The van der Waals surface area contributed by atoms with Gasteiger partial charge >= 0.3 is 6.09 Å². The second kappa shape index (κ2) is 15.1. The molecule has 4 saturated heterocycles. The summed E-state index contributed by atoms with van der Waals surface area (Å²) >= 11 is 0. The van der Waals surface area contributed by atoms with Crippen molar-refractivity contribution in [3.8, 4) is 5.75 Å². The van der Waals surface area contributed by atoms with E-state index in [9.17, 15) is 14.7 Å². The Morgan fingerprint density at radius 3 is 2.25 bits per heavy atom. The van der Waals surface area contributed by atoms with Crippen LogP contribution in [-0.4, -0.2) is 89.6 Å². The molecule has 2 amide bonds. The summed E-state index contributed by atoms with van der Waals surface area (Å²) in [7, 11) is 0. The highest BCUT2D eigenvalue weighted by Gasteiger charge is 2.43. The number of hydrogen-bond acceptors (Lipinski definition) is 6. The third-order valence-corrected chi connectivity index (χ3v) is 10.7. The summed E-state index contributed by atoms with van der Waals surface area (Å²) in [5.74, 6) is 1.10. The fourth-order valence-electron chi connectivity index (χ4n) is 8.18. The molecule has 2 bridgehead atoms. The summed E-state index contributed by atoms with van der Waals surface area (Å²) in [6.07, 6.45) is 6.02. The van der Waals surface area contributed by atoms with Gasteiger partial charge in [-0.15, -0.1) is 0 Å². The molecule has 254 valence electrons. The number of carbonyl (C=O) groups is 2. The van der Waals surface area contributed by atoms with E-state index in [0.29, 0.717) is 50.0 Å². The molecule has 0 aromatic heterocycles. The standard InChI is InChI=1S/C39H47N3O6/c43-38(41(33-10-4-5-11-33)22-19-36-46-23-24-47-36)31-15-13-28(14-16-31)27-48-34-12-6-9-32(25-34)37(30-7-2-1-3-8-30)42(39(44)45)35-26-40-20-17-29(35)18-21-40/h1-3,6-9,12-16,25,29,33,35-37H,4-5,10-11,17-24,26-27H2,(H,44,45)/t35-,37-/m0/s1. The zero-order valence-electron chi connectivity index (χ0n) is 27.6. The number of carbonyl (C=O) groups excluding carboxylic acids is 1. The van der Waals surface area contributed by atoms with Crippen molar-refractivity contribution in [2.75, 3.05) is 39.4 Å². The minimum atomic E-state index is -0.893. The molecule has 3 aromatic rings. The van der Waals surface area contributed by atoms with Crippen molar-refractivity contribution >= 4 is 12.0 Å². The first-order chi connectivity index (χ1) is 23.5. The normalized spacial score (nSPS) is 23.2. The SMILES string of the molecule is O=C(c1ccc(COc2cccc([C@H](c3ccccc3)N(C(=O)O)[C@H]3CN4CCC3CC4)c2)cc1)N(CCC1OCCO1)C1CCCC1. The van der Waals surface area contributed by atoms with Crippen LogP contribution in [0.15, 0.2) is 78.9 Å². The van der Waals surface area contributed by atoms with E-state index in [-0.39, 0.29) is 24.3 Å². The lowest BCUT2D eigenvalue weighted by Gasteiger charge is -2.50. The van der Waals surface area contributed by atoms with Gasteiger partial charge in [-0.05, 0) is 85.6 Å². The van der Waals surface area contributed by atoms with E-state index in [1.54, 1.807) is 4.90 Å². The predicted molar refractivity (Wildman–Crippen MR) is 182 cm³/mol. The Bertz CT molecular complexity index is 1510. The molecule has 1 saturated carbocycles. The van der Waals surface area contributed by atoms with Crippen LogP contribution in [0.3, 0.4) is 0 Å². The zero-order chi connectivity index (χ0) is 32.9. The number of piperidine rings is 3. The monoisotopic (exact) mass is 653 g/mol. The predicted octanol–water partition coefficient (Wildman–Crippen LogP) is 6.58. The number of fused-ring (bicyclic) bond motifs is 3. The lowest BCUT2D eigenvalue weighted by atomic mass is 9.81. The summed E-state index contributed by atoms with van der Waals surface area (Å²) < 4.78 is 17.5. The minimum absolute atomic E-state index is 0.0537. The Balaban J connectivity index is 1.05. The Labute approximate surface area is 283 Å². The number of nitrogens with zero attached hydrogens (tertiary/aromatic N) is 3. The molecular formula is C39H47N3O6. The van der Waals surface area contributed by atoms with Crippen LogP contribution in [0.5, 0.6) is 5.75 Å². The molecule has 5 aliphatic rings. The molecule has 0 unspecified atom stereocenters. The van der Waals surface area contributed by atoms with Gasteiger partial charge < -0.3 is 29.1 Å². The summed E-state index contributed by atoms with van der Waals surface area (Å²) in [6, 6.07) is 25.2. The van der Waals surface area contributed by atoms with Gasteiger partial charge in [0, 0.05) is 31.1 Å². The molecule has 0 radical (unpaired) electrons. The minimum Gasteiger partial charge on any atom is -0.489 e. The van der Waals surface area contributed by atoms with E-state index < -0.39 is 12.1 Å². The molecule has 1 N–H and O–H groups in total. The van der Waals surface area contributed by atoms with Gasteiger partial charge in [0.25, 0.3) is 5.91 Å². The van der Waals surface area contributed by atoms with Crippen molar-refractivity contribution in [1.29, 1.82) is 0 Å². The van der Waals surface area contributed by atoms with Gasteiger partial charge in [-0.2, -0.15) is 0 Å². The number of ether oxygens (including phenoxy) is 3. The fraction of sp³-hybridized carbons (Fsp3) is 0.487. The Kier molecular flexibility index (Phi) is 10.3. The average molecular weight is 654 g/mol. The highest BCUT2D eigenvalue weighted by molar-refractivity contribution is 5.94. The maximum Gasteiger partial charge on any atom is 0.408 e. The number of amides is 2. The van der Waals surface area contributed by atoms with E-state index in [1.807, 2.05) is 83.8 Å². The second-order valence-corrected chi connectivity index (χ2v) is 13.7. The van der Waals surface area contributed by atoms with Crippen molar-refractivity contribution < 1.29 is 28.9 Å². The third-order valence-electron chi connectivity index (χ3n) is 10.7. The van der Waals surface area contributed by atoms with Crippen LogP contribution >= 0.6 is 0 Å². The highest BCUT2D eigenvalue weighted by Crippen LogP contribution is 2.39. The molecule has 5 fully saturated rings. The van der Waals surface area contributed by atoms with Crippen molar-refractivity contribution in [3.05, 3.63) is 101 Å². The van der Waals surface area contributed by atoms with E-state index in [1.165, 1.54) is 0 Å². The van der Waals surface area contributed by atoms with Crippen LogP contribution in [0.1, 0.15) is 78.0 Å². The molecular weight excluding hydrogens is 606 g/mol. The van der Waals surface area contributed by atoms with Gasteiger partial charge in [-0.3, -0.25) is 9.69 Å². The smallest absolute Gasteiger partial charge is 0.408 e. The summed E-state index contributed by atoms with van der Waals surface area (Å²) in [4.78, 5) is 32.8. The van der Waals surface area contributed by atoms with Gasteiger partial charge in [-0.25, -0.2) is 4.79 Å². The van der Waals surface area contributed by atoms with Crippen molar-refractivity contribution in [2.24, 2.45) is 5.92 Å². The lowest BCUT2D eigenvalue weighted by molar-refractivity contribution is -0.0516. The van der Waals surface area contributed by atoms with Crippen LogP contribution < -0.4 is 4.74 Å². The molecule has 2 atom stereocenters. The van der Waals surface area contributed by atoms with E-state index in [0.717, 1.165) is 74.8 Å². The van der Waals surface area contributed by atoms with Gasteiger partial charge in [0.05, 0.1) is 25.3 Å². The molecule has 4 aliphatic heterocycles. The van der Waals surface area contributed by atoms with Gasteiger partial charge in [0.2, 0.25) is 0 Å². The van der Waals surface area contributed by atoms with Crippen molar-refractivity contribution in [3.63, 3.8) is 0 Å². The lowest BCUT2D eigenvalue weighted by Crippen LogP contribution is -2.59. The fourth-order valence-corrected chi connectivity index (χ4v) is 8.18. The van der Waals surface area contributed by atoms with Gasteiger partial charge in [-0.1, -0.05) is 67.4 Å². The second-order valence-electron chi connectivity index (χ2n) is 13.7. The summed E-state index contributed by atoms with van der Waals surface area (Å²) in [6.45, 7) is 5.06. The summed E-state index contributed by atoms with van der Waals surface area (Å²) in [5, 5.41) is 10.6. The van der Waals surface area contributed by atoms with E-state index >= 15 is 0 Å². The largest absolute Gasteiger partial charge is 0.489 e. The molecule has 9 nitrogen and oxygen atoms in total. The molecule has 3 aromatic carbocycles. The quantitative estimate of drug-likeness (QED) is 0.236.